The largest absolute Gasteiger partial charge is 0.484 e. The van der Waals surface area contributed by atoms with Crippen LogP contribution in [0.1, 0.15) is 28.7 Å². The van der Waals surface area contributed by atoms with Crippen molar-refractivity contribution in [3.05, 3.63) is 89.0 Å². The summed E-state index contributed by atoms with van der Waals surface area (Å²) < 4.78 is 5.65. The fourth-order valence-corrected chi connectivity index (χ4v) is 4.68. The third-order valence-electron chi connectivity index (χ3n) is 6.51. The van der Waals surface area contributed by atoms with E-state index in [-0.39, 0.29) is 36.7 Å². The molecule has 0 spiro atoms. The third-order valence-corrected chi connectivity index (χ3v) is 6.51. The Morgan fingerprint density at radius 3 is 2.32 bits per heavy atom. The average molecular weight is 500 g/mol. The number of ether oxygens (including phenoxy) is 1. The fraction of sp³-hybridized carbons (Fsp3) is 0.300. The molecule has 2 N–H and O–H groups in total. The quantitative estimate of drug-likeness (QED) is 0.459. The van der Waals surface area contributed by atoms with E-state index in [2.05, 4.69) is 10.6 Å². The van der Waals surface area contributed by atoms with Gasteiger partial charge in [0.25, 0.3) is 5.91 Å². The molecule has 7 nitrogen and oxygen atoms in total. The van der Waals surface area contributed by atoms with Gasteiger partial charge < -0.3 is 20.3 Å². The summed E-state index contributed by atoms with van der Waals surface area (Å²) in [7, 11) is 0. The molecule has 1 aliphatic rings. The lowest BCUT2D eigenvalue weighted by atomic mass is 10.1. The number of hydrogen-bond donors (Lipinski definition) is 2. The smallest absolute Gasteiger partial charge is 0.262 e. The van der Waals surface area contributed by atoms with Crippen molar-refractivity contribution in [3.63, 3.8) is 0 Å². The lowest BCUT2D eigenvalue weighted by Crippen LogP contribution is -2.34. The minimum absolute atomic E-state index is 0.0832. The number of nitrogens with zero attached hydrogens (tertiary/aromatic N) is 1. The maximum atomic E-state index is 12.6. The number of hydrogen-bond acceptors (Lipinski definition) is 4. The van der Waals surface area contributed by atoms with Gasteiger partial charge in [-0.15, -0.1) is 0 Å². The summed E-state index contributed by atoms with van der Waals surface area (Å²) in [4.78, 5) is 39.2. The van der Waals surface area contributed by atoms with Gasteiger partial charge in [-0.25, -0.2) is 0 Å². The summed E-state index contributed by atoms with van der Waals surface area (Å²) in [6, 6.07) is 21.0. The number of benzene rings is 3. The molecule has 0 unspecified atom stereocenters. The molecule has 1 saturated heterocycles. The first-order valence-corrected chi connectivity index (χ1v) is 12.5. The van der Waals surface area contributed by atoms with Gasteiger partial charge in [-0.2, -0.15) is 0 Å². The van der Waals surface area contributed by atoms with Crippen LogP contribution >= 0.6 is 0 Å². The van der Waals surface area contributed by atoms with Crippen molar-refractivity contribution >= 4 is 29.1 Å². The predicted octanol–water partition coefficient (Wildman–Crippen LogP) is 4.34. The molecule has 192 valence electrons. The van der Waals surface area contributed by atoms with Crippen LogP contribution in [0, 0.1) is 26.7 Å². The molecule has 0 bridgehead atoms. The van der Waals surface area contributed by atoms with Crippen molar-refractivity contribution in [2.24, 2.45) is 5.92 Å². The van der Waals surface area contributed by atoms with E-state index in [1.807, 2.05) is 63.2 Å². The van der Waals surface area contributed by atoms with Crippen molar-refractivity contribution in [2.45, 2.75) is 33.6 Å². The zero-order valence-corrected chi connectivity index (χ0v) is 21.5. The highest BCUT2D eigenvalue weighted by Crippen LogP contribution is 2.27. The number of anilines is 2. The minimum atomic E-state index is -0.378. The molecule has 0 aromatic heterocycles. The summed E-state index contributed by atoms with van der Waals surface area (Å²) in [6.07, 6.45) is 0.939. The molecule has 7 heteroatoms. The lowest BCUT2D eigenvalue weighted by Gasteiger charge is -2.17. The van der Waals surface area contributed by atoms with Gasteiger partial charge >= 0.3 is 0 Å². The molecule has 1 aliphatic heterocycles. The first-order chi connectivity index (χ1) is 17.8. The molecule has 37 heavy (non-hydrogen) atoms. The van der Waals surface area contributed by atoms with Crippen LogP contribution in [0.5, 0.6) is 5.75 Å². The molecule has 3 aromatic rings. The molecular formula is C30H33N3O4. The molecule has 1 heterocycles. The summed E-state index contributed by atoms with van der Waals surface area (Å²) in [6.45, 7) is 6.71. The lowest BCUT2D eigenvalue weighted by molar-refractivity contribution is -0.126. The van der Waals surface area contributed by atoms with Crippen LogP contribution in [0.15, 0.2) is 66.7 Å². The molecule has 1 fully saturated rings. The van der Waals surface area contributed by atoms with Crippen molar-refractivity contribution in [1.29, 1.82) is 0 Å². The molecule has 1 atom stereocenters. The molecule has 3 amide bonds. The van der Waals surface area contributed by atoms with Gasteiger partial charge in [0.2, 0.25) is 11.8 Å². The van der Waals surface area contributed by atoms with Crippen LogP contribution in [-0.2, 0) is 20.8 Å². The number of rotatable bonds is 9. The Bertz CT molecular complexity index is 1250. The van der Waals surface area contributed by atoms with Crippen molar-refractivity contribution < 1.29 is 19.1 Å². The van der Waals surface area contributed by atoms with Gasteiger partial charge in [-0.1, -0.05) is 48.0 Å². The topological polar surface area (TPSA) is 87.7 Å². The standard InChI is InChI=1S/C30H33N3O4/c1-20-15-21(2)29(22(3)16-20)32-27(34)19-37-26-11-9-25(10-12-26)33-18-24(17-28(33)35)30(36)31-14-13-23-7-5-4-6-8-23/h4-12,15-16,24H,13-14,17-19H2,1-3H3,(H,31,36)(H,32,34)/t24-/m1/s1. The Balaban J connectivity index is 1.26. The van der Waals surface area contributed by atoms with Crippen LogP contribution in [0.3, 0.4) is 0 Å². The fourth-order valence-electron chi connectivity index (χ4n) is 4.68. The van der Waals surface area contributed by atoms with Crippen molar-refractivity contribution in [3.8, 4) is 5.75 Å². The van der Waals surface area contributed by atoms with Gasteiger partial charge in [0.1, 0.15) is 5.75 Å². The van der Waals surface area contributed by atoms with Gasteiger partial charge in [-0.05, 0) is 68.1 Å². The van der Waals surface area contributed by atoms with E-state index in [9.17, 15) is 14.4 Å². The Morgan fingerprint density at radius 1 is 0.973 bits per heavy atom. The second-order valence-electron chi connectivity index (χ2n) is 9.54. The Labute approximate surface area is 217 Å². The number of aryl methyl sites for hydroxylation is 3. The van der Waals surface area contributed by atoms with Crippen LogP contribution < -0.4 is 20.3 Å². The van der Waals surface area contributed by atoms with E-state index in [0.29, 0.717) is 24.5 Å². The summed E-state index contributed by atoms with van der Waals surface area (Å²) >= 11 is 0. The van der Waals surface area contributed by atoms with Crippen LogP contribution in [-0.4, -0.2) is 37.4 Å². The first kappa shape index (κ1) is 25.9. The van der Waals surface area contributed by atoms with Crippen molar-refractivity contribution in [1.82, 2.24) is 5.32 Å². The summed E-state index contributed by atoms with van der Waals surface area (Å²) in [5.41, 5.74) is 5.83. The number of carbonyl (C=O) groups is 3. The number of carbonyl (C=O) groups excluding carboxylic acids is 3. The Hall–Kier alpha value is -4.13. The van der Waals surface area contributed by atoms with Crippen molar-refractivity contribution in [2.75, 3.05) is 29.9 Å². The molecule has 0 aliphatic carbocycles. The maximum absolute atomic E-state index is 12.6. The number of amides is 3. The highest BCUT2D eigenvalue weighted by Gasteiger charge is 2.35. The van der Waals surface area contributed by atoms with E-state index < -0.39 is 0 Å². The summed E-state index contributed by atoms with van der Waals surface area (Å²) in [5.74, 6) is -0.276. The SMILES string of the molecule is Cc1cc(C)c(NC(=O)COc2ccc(N3C[C@H](C(=O)NCCc4ccccc4)CC3=O)cc2)c(C)c1. The van der Waals surface area contributed by atoms with Crippen LogP contribution in [0.25, 0.3) is 0 Å². The normalized spacial score (nSPS) is 14.9. The third kappa shape index (κ3) is 6.76. The predicted molar refractivity (Wildman–Crippen MR) is 145 cm³/mol. The molecular weight excluding hydrogens is 466 g/mol. The minimum Gasteiger partial charge on any atom is -0.484 e. The van der Waals surface area contributed by atoms with Crippen LogP contribution in [0.4, 0.5) is 11.4 Å². The summed E-state index contributed by atoms with van der Waals surface area (Å²) in [5, 5.41) is 5.88. The molecule has 4 rings (SSSR count). The second-order valence-corrected chi connectivity index (χ2v) is 9.54. The van der Waals surface area contributed by atoms with E-state index >= 15 is 0 Å². The average Bonchev–Trinajstić information content (AvgIpc) is 3.27. The Morgan fingerprint density at radius 2 is 1.65 bits per heavy atom. The monoisotopic (exact) mass is 499 g/mol. The number of nitrogens with one attached hydrogen (secondary N) is 2. The first-order valence-electron chi connectivity index (χ1n) is 12.5. The highest BCUT2D eigenvalue weighted by molar-refractivity contribution is 6.00. The van der Waals surface area contributed by atoms with Gasteiger partial charge in [-0.3, -0.25) is 14.4 Å². The zero-order valence-electron chi connectivity index (χ0n) is 21.5. The molecule has 3 aromatic carbocycles. The molecule has 0 saturated carbocycles. The van der Waals surface area contributed by atoms with E-state index in [1.54, 1.807) is 29.2 Å². The second kappa shape index (κ2) is 11.7. The van der Waals surface area contributed by atoms with E-state index in [0.717, 1.165) is 34.4 Å². The van der Waals surface area contributed by atoms with E-state index in [1.165, 1.54) is 0 Å². The zero-order chi connectivity index (χ0) is 26.4. The van der Waals surface area contributed by atoms with Crippen LogP contribution in [0.2, 0.25) is 0 Å². The molecule has 0 radical (unpaired) electrons. The van der Waals surface area contributed by atoms with Gasteiger partial charge in [0, 0.05) is 30.9 Å². The van der Waals surface area contributed by atoms with Gasteiger partial charge in [0.05, 0.1) is 5.92 Å². The Kier molecular flexibility index (Phi) is 8.23. The highest BCUT2D eigenvalue weighted by atomic mass is 16.5. The van der Waals surface area contributed by atoms with E-state index in [4.69, 9.17) is 4.74 Å². The van der Waals surface area contributed by atoms with Gasteiger partial charge in [0.15, 0.2) is 6.61 Å². The maximum Gasteiger partial charge on any atom is 0.262 e.